The van der Waals surface area contributed by atoms with Crippen LogP contribution in [0, 0.1) is 0 Å². The highest BCUT2D eigenvalue weighted by atomic mass is 35.5. The van der Waals surface area contributed by atoms with Crippen molar-refractivity contribution in [2.24, 2.45) is 0 Å². The summed E-state index contributed by atoms with van der Waals surface area (Å²) in [5, 5.41) is 0.553. The molecule has 5 heteroatoms. The predicted molar refractivity (Wildman–Crippen MR) is 78.4 cm³/mol. The summed E-state index contributed by atoms with van der Waals surface area (Å²) in [6, 6.07) is 13.2. The lowest BCUT2D eigenvalue weighted by Crippen LogP contribution is -2.06. The van der Waals surface area contributed by atoms with E-state index in [2.05, 4.69) is 4.74 Å². The molecule has 0 aliphatic heterocycles. The fourth-order valence-electron chi connectivity index (χ4n) is 1.72. The molecule has 0 heterocycles. The molecule has 0 spiro atoms. The van der Waals surface area contributed by atoms with Gasteiger partial charge in [-0.25, -0.2) is 9.59 Å². The maximum absolute atomic E-state index is 11.8. The number of rotatable bonds is 4. The third-order valence-electron chi connectivity index (χ3n) is 2.80. The first-order valence-corrected chi connectivity index (χ1v) is 6.58. The molecule has 2 aromatic rings. The summed E-state index contributed by atoms with van der Waals surface area (Å²) in [4.78, 5) is 23.3. The molecular formula is C16H13ClO4. The summed E-state index contributed by atoms with van der Waals surface area (Å²) in [7, 11) is 1.32. The van der Waals surface area contributed by atoms with E-state index < -0.39 is 11.9 Å². The number of methoxy groups -OCH3 is 1. The van der Waals surface area contributed by atoms with Crippen LogP contribution in [0.3, 0.4) is 0 Å². The first-order chi connectivity index (χ1) is 10.1. The number of carbonyl (C=O) groups is 2. The third-order valence-corrected chi connectivity index (χ3v) is 3.05. The van der Waals surface area contributed by atoms with Crippen molar-refractivity contribution in [1.29, 1.82) is 0 Å². The molecule has 2 aromatic carbocycles. The van der Waals surface area contributed by atoms with Crippen molar-refractivity contribution in [3.8, 4) is 0 Å². The molecule has 21 heavy (non-hydrogen) atoms. The van der Waals surface area contributed by atoms with Crippen molar-refractivity contribution >= 4 is 23.5 Å². The molecule has 4 nitrogen and oxygen atoms in total. The van der Waals surface area contributed by atoms with Gasteiger partial charge in [0.1, 0.15) is 6.61 Å². The molecule has 2 rings (SSSR count). The van der Waals surface area contributed by atoms with Crippen LogP contribution in [0.5, 0.6) is 0 Å². The summed E-state index contributed by atoms with van der Waals surface area (Å²) >= 11 is 5.75. The van der Waals surface area contributed by atoms with Crippen LogP contribution in [-0.4, -0.2) is 19.0 Å². The number of esters is 2. The largest absolute Gasteiger partial charge is 0.465 e. The Morgan fingerprint density at radius 2 is 1.71 bits per heavy atom. The van der Waals surface area contributed by atoms with Crippen LogP contribution in [0.4, 0.5) is 0 Å². The third kappa shape index (κ3) is 4.07. The van der Waals surface area contributed by atoms with E-state index in [4.69, 9.17) is 16.3 Å². The van der Waals surface area contributed by atoms with Gasteiger partial charge in [0.05, 0.1) is 18.2 Å². The highest BCUT2D eigenvalue weighted by Gasteiger charge is 2.09. The lowest BCUT2D eigenvalue weighted by molar-refractivity contribution is 0.0472. The molecular weight excluding hydrogens is 292 g/mol. The van der Waals surface area contributed by atoms with Crippen LogP contribution >= 0.6 is 11.6 Å². The van der Waals surface area contributed by atoms with Crippen molar-refractivity contribution < 1.29 is 19.1 Å². The fourth-order valence-corrected chi connectivity index (χ4v) is 1.85. The number of ether oxygens (including phenoxy) is 2. The lowest BCUT2D eigenvalue weighted by atomic mass is 10.1. The second-order valence-electron chi connectivity index (χ2n) is 4.27. The Hall–Kier alpha value is -2.33. The molecule has 0 bridgehead atoms. The first-order valence-electron chi connectivity index (χ1n) is 6.20. The summed E-state index contributed by atoms with van der Waals surface area (Å²) in [6.45, 7) is 0.0757. The van der Waals surface area contributed by atoms with E-state index in [-0.39, 0.29) is 6.61 Å². The topological polar surface area (TPSA) is 52.6 Å². The second kappa shape index (κ2) is 6.90. The maximum atomic E-state index is 11.8. The number of hydrogen-bond acceptors (Lipinski definition) is 4. The van der Waals surface area contributed by atoms with Gasteiger partial charge in [-0.1, -0.05) is 23.7 Å². The SMILES string of the molecule is COC(=O)c1cccc(COC(=O)c2ccc(Cl)cc2)c1. The van der Waals surface area contributed by atoms with E-state index >= 15 is 0 Å². The van der Waals surface area contributed by atoms with E-state index in [1.807, 2.05) is 0 Å². The van der Waals surface area contributed by atoms with Gasteiger partial charge in [-0.3, -0.25) is 0 Å². The van der Waals surface area contributed by atoms with Gasteiger partial charge >= 0.3 is 11.9 Å². The van der Waals surface area contributed by atoms with Gasteiger partial charge in [-0.2, -0.15) is 0 Å². The van der Waals surface area contributed by atoms with Gasteiger partial charge in [0.15, 0.2) is 0 Å². The Morgan fingerprint density at radius 1 is 1.00 bits per heavy atom. The molecule has 0 unspecified atom stereocenters. The molecule has 0 atom stereocenters. The van der Waals surface area contributed by atoms with Gasteiger partial charge in [-0.15, -0.1) is 0 Å². The monoisotopic (exact) mass is 304 g/mol. The van der Waals surface area contributed by atoms with E-state index in [0.717, 1.165) is 0 Å². The van der Waals surface area contributed by atoms with E-state index in [9.17, 15) is 9.59 Å². The van der Waals surface area contributed by atoms with Crippen molar-refractivity contribution in [1.82, 2.24) is 0 Å². The summed E-state index contributed by atoms with van der Waals surface area (Å²) in [5.41, 5.74) is 1.54. The van der Waals surface area contributed by atoms with Gasteiger partial charge in [-0.05, 0) is 42.0 Å². The molecule has 0 amide bonds. The van der Waals surface area contributed by atoms with Crippen molar-refractivity contribution in [3.63, 3.8) is 0 Å². The second-order valence-corrected chi connectivity index (χ2v) is 4.71. The highest BCUT2D eigenvalue weighted by Crippen LogP contribution is 2.12. The van der Waals surface area contributed by atoms with Gasteiger partial charge in [0.2, 0.25) is 0 Å². The van der Waals surface area contributed by atoms with Gasteiger partial charge in [0, 0.05) is 5.02 Å². The van der Waals surface area contributed by atoms with E-state index in [1.165, 1.54) is 7.11 Å². The Kier molecular flexibility index (Phi) is 4.95. The number of hydrogen-bond donors (Lipinski definition) is 0. The average Bonchev–Trinajstić information content (AvgIpc) is 2.52. The van der Waals surface area contributed by atoms with Crippen LogP contribution in [-0.2, 0) is 16.1 Å². The molecule has 0 aliphatic carbocycles. The van der Waals surface area contributed by atoms with Crippen LogP contribution in [0.2, 0.25) is 5.02 Å². The molecule has 0 aromatic heterocycles. The summed E-state index contributed by atoms with van der Waals surface area (Å²) in [5.74, 6) is -0.879. The zero-order valence-electron chi connectivity index (χ0n) is 11.3. The van der Waals surface area contributed by atoms with Crippen molar-refractivity contribution in [2.45, 2.75) is 6.61 Å². The molecule has 0 aliphatic rings. The van der Waals surface area contributed by atoms with Crippen LogP contribution < -0.4 is 0 Å². The number of halogens is 1. The quantitative estimate of drug-likeness (QED) is 0.811. The minimum Gasteiger partial charge on any atom is -0.465 e. The van der Waals surface area contributed by atoms with Crippen molar-refractivity contribution in [2.75, 3.05) is 7.11 Å². The Morgan fingerprint density at radius 3 is 2.38 bits per heavy atom. The minimum atomic E-state index is -0.449. The van der Waals surface area contributed by atoms with Crippen LogP contribution in [0.15, 0.2) is 48.5 Å². The summed E-state index contributed by atoms with van der Waals surface area (Å²) in [6.07, 6.45) is 0. The Bertz CT molecular complexity index is 650. The number of carbonyl (C=O) groups excluding carboxylic acids is 2. The zero-order valence-corrected chi connectivity index (χ0v) is 12.1. The molecule has 0 radical (unpaired) electrons. The molecule has 0 saturated heterocycles. The van der Waals surface area contributed by atoms with Crippen molar-refractivity contribution in [3.05, 3.63) is 70.2 Å². The predicted octanol–water partition coefficient (Wildman–Crippen LogP) is 3.48. The molecule has 0 saturated carbocycles. The van der Waals surface area contributed by atoms with E-state index in [1.54, 1.807) is 48.5 Å². The Labute approximate surface area is 127 Å². The minimum absolute atomic E-state index is 0.0757. The van der Waals surface area contributed by atoms with Crippen LogP contribution in [0.1, 0.15) is 26.3 Å². The zero-order chi connectivity index (χ0) is 15.2. The molecule has 108 valence electrons. The molecule has 0 fully saturated rings. The fraction of sp³-hybridized carbons (Fsp3) is 0.125. The smallest absolute Gasteiger partial charge is 0.338 e. The summed E-state index contributed by atoms with van der Waals surface area (Å²) < 4.78 is 9.83. The normalized spacial score (nSPS) is 10.0. The standard InChI is InChI=1S/C16H13ClO4/c1-20-15(18)13-4-2-3-11(9-13)10-21-16(19)12-5-7-14(17)8-6-12/h2-9H,10H2,1H3. The Balaban J connectivity index is 2.01. The van der Waals surface area contributed by atoms with E-state index in [0.29, 0.717) is 21.7 Å². The number of benzene rings is 2. The lowest BCUT2D eigenvalue weighted by Gasteiger charge is -2.06. The van der Waals surface area contributed by atoms with Gasteiger partial charge < -0.3 is 9.47 Å². The average molecular weight is 305 g/mol. The maximum Gasteiger partial charge on any atom is 0.338 e. The molecule has 0 N–H and O–H groups in total. The van der Waals surface area contributed by atoms with Crippen LogP contribution in [0.25, 0.3) is 0 Å². The van der Waals surface area contributed by atoms with Gasteiger partial charge in [0.25, 0.3) is 0 Å². The first kappa shape index (κ1) is 15.1. The highest BCUT2D eigenvalue weighted by molar-refractivity contribution is 6.30.